The van der Waals surface area contributed by atoms with Crippen molar-refractivity contribution in [2.24, 2.45) is 5.41 Å². The maximum Gasteiger partial charge on any atom is 0.263 e. The fourth-order valence-electron chi connectivity index (χ4n) is 2.02. The summed E-state index contributed by atoms with van der Waals surface area (Å²) in [6.07, 6.45) is 3.82. The van der Waals surface area contributed by atoms with Crippen LogP contribution in [0.5, 0.6) is 0 Å². The third-order valence-corrected chi connectivity index (χ3v) is 4.76. The first-order chi connectivity index (χ1) is 8.60. The number of carbonyl (C=O) groups excluding carboxylic acids is 1. The quantitative estimate of drug-likeness (QED) is 0.742. The summed E-state index contributed by atoms with van der Waals surface area (Å²) < 4.78 is 0. The second-order valence-electron chi connectivity index (χ2n) is 4.96. The molecule has 2 rings (SSSR count). The molecule has 100 valence electrons. The van der Waals surface area contributed by atoms with Crippen LogP contribution in [-0.4, -0.2) is 19.0 Å². The van der Waals surface area contributed by atoms with E-state index in [1.54, 1.807) is 0 Å². The summed E-state index contributed by atoms with van der Waals surface area (Å²) >= 11 is 1.44. The molecule has 0 unspecified atom stereocenters. The van der Waals surface area contributed by atoms with E-state index in [9.17, 15) is 4.79 Å². The van der Waals surface area contributed by atoms with Gasteiger partial charge >= 0.3 is 0 Å². The number of nitrogen functional groups attached to an aromatic ring is 1. The maximum absolute atomic E-state index is 11.7. The fourth-order valence-corrected chi connectivity index (χ4v) is 2.91. The Hall–Kier alpha value is -1.23. The maximum atomic E-state index is 11.7. The summed E-state index contributed by atoms with van der Waals surface area (Å²) in [5, 5.41) is 7.18. The lowest BCUT2D eigenvalue weighted by Gasteiger charge is -2.12. The van der Waals surface area contributed by atoms with Crippen molar-refractivity contribution in [3.05, 3.63) is 10.9 Å². The highest BCUT2D eigenvalue weighted by Crippen LogP contribution is 2.48. The average molecular weight is 267 g/mol. The number of nitrogens with two attached hydrogens (primary N) is 1. The third kappa shape index (κ3) is 2.77. The van der Waals surface area contributed by atoms with Gasteiger partial charge in [0.1, 0.15) is 4.88 Å². The zero-order chi connectivity index (χ0) is 13.2. The Balaban J connectivity index is 1.98. The van der Waals surface area contributed by atoms with Gasteiger partial charge in [0.2, 0.25) is 0 Å². The molecule has 0 atom stereocenters. The molecule has 0 bridgehead atoms. The highest BCUT2D eigenvalue weighted by atomic mass is 32.1. The Morgan fingerprint density at radius 3 is 2.78 bits per heavy atom. The first-order valence-corrected chi connectivity index (χ1v) is 7.33. The Bertz CT molecular complexity index is 437. The van der Waals surface area contributed by atoms with Crippen molar-refractivity contribution >= 4 is 27.9 Å². The lowest BCUT2D eigenvalue weighted by Crippen LogP contribution is -2.22. The Morgan fingerprint density at radius 2 is 2.22 bits per heavy atom. The van der Waals surface area contributed by atoms with Gasteiger partial charge in [-0.15, -0.1) is 11.3 Å². The van der Waals surface area contributed by atoms with Crippen LogP contribution in [0.25, 0.3) is 0 Å². The molecule has 0 aliphatic heterocycles. The Labute approximate surface area is 112 Å². The van der Waals surface area contributed by atoms with Gasteiger partial charge in [-0.25, -0.2) is 0 Å². The standard InChI is InChI=1S/C13H21N3OS/c1-3-13(5-6-13)8-16-10-7-9(14)11(18-10)12(17)15-4-2/h7,16H,3-6,8,14H2,1-2H3,(H,15,17). The van der Waals surface area contributed by atoms with Crippen molar-refractivity contribution in [3.63, 3.8) is 0 Å². The fraction of sp³-hybridized carbons (Fsp3) is 0.615. The van der Waals surface area contributed by atoms with Gasteiger partial charge < -0.3 is 16.4 Å². The molecule has 4 nitrogen and oxygen atoms in total. The van der Waals surface area contributed by atoms with Crippen molar-refractivity contribution in [2.75, 3.05) is 24.1 Å². The van der Waals surface area contributed by atoms with Crippen molar-refractivity contribution < 1.29 is 4.79 Å². The minimum absolute atomic E-state index is 0.0790. The number of anilines is 2. The molecule has 1 aliphatic carbocycles. The SMILES string of the molecule is CCNC(=O)c1sc(NCC2(CC)CC2)cc1N. The van der Waals surface area contributed by atoms with E-state index in [-0.39, 0.29) is 5.91 Å². The molecule has 1 aromatic heterocycles. The summed E-state index contributed by atoms with van der Waals surface area (Å²) in [7, 11) is 0. The summed E-state index contributed by atoms with van der Waals surface area (Å²) in [5.74, 6) is -0.0790. The second-order valence-corrected chi connectivity index (χ2v) is 6.01. The smallest absolute Gasteiger partial charge is 0.263 e. The average Bonchev–Trinajstić information content (AvgIpc) is 3.04. The molecule has 1 amide bonds. The van der Waals surface area contributed by atoms with Crippen LogP contribution in [0.2, 0.25) is 0 Å². The van der Waals surface area contributed by atoms with Gasteiger partial charge in [0, 0.05) is 13.1 Å². The molecular formula is C13H21N3OS. The van der Waals surface area contributed by atoms with Gasteiger partial charge in [-0.2, -0.15) is 0 Å². The monoisotopic (exact) mass is 267 g/mol. The van der Waals surface area contributed by atoms with Gasteiger partial charge in [0.05, 0.1) is 10.7 Å². The van der Waals surface area contributed by atoms with Crippen LogP contribution in [0.3, 0.4) is 0 Å². The van der Waals surface area contributed by atoms with Crippen molar-refractivity contribution in [2.45, 2.75) is 33.1 Å². The molecule has 4 N–H and O–H groups in total. The molecule has 1 aliphatic rings. The first kappa shape index (κ1) is 13.2. The number of thiophene rings is 1. The minimum Gasteiger partial charge on any atom is -0.397 e. The van der Waals surface area contributed by atoms with E-state index < -0.39 is 0 Å². The van der Waals surface area contributed by atoms with Crippen molar-refractivity contribution in [1.29, 1.82) is 0 Å². The molecule has 18 heavy (non-hydrogen) atoms. The number of amides is 1. The Kier molecular flexibility index (Phi) is 3.80. The lowest BCUT2D eigenvalue weighted by atomic mass is 10.0. The van der Waals surface area contributed by atoms with Crippen LogP contribution >= 0.6 is 11.3 Å². The van der Waals surface area contributed by atoms with E-state index in [4.69, 9.17) is 5.73 Å². The molecule has 1 aromatic rings. The highest BCUT2D eigenvalue weighted by molar-refractivity contribution is 7.18. The summed E-state index contributed by atoms with van der Waals surface area (Å²) in [4.78, 5) is 12.4. The third-order valence-electron chi connectivity index (χ3n) is 3.65. The zero-order valence-electron chi connectivity index (χ0n) is 11.0. The summed E-state index contributed by atoms with van der Waals surface area (Å²) in [5.41, 5.74) is 6.92. The van der Waals surface area contributed by atoms with Gasteiger partial charge in [0.25, 0.3) is 5.91 Å². The first-order valence-electron chi connectivity index (χ1n) is 6.51. The topological polar surface area (TPSA) is 67.2 Å². The van der Waals surface area contributed by atoms with Crippen LogP contribution in [0.15, 0.2) is 6.07 Å². The molecule has 0 spiro atoms. The number of hydrogen-bond donors (Lipinski definition) is 3. The molecule has 0 radical (unpaired) electrons. The van der Waals surface area contributed by atoms with Crippen LogP contribution in [0.4, 0.5) is 10.7 Å². The Morgan fingerprint density at radius 1 is 1.50 bits per heavy atom. The van der Waals surface area contributed by atoms with E-state index >= 15 is 0 Å². The molecule has 0 saturated heterocycles. The van der Waals surface area contributed by atoms with E-state index in [0.29, 0.717) is 22.5 Å². The lowest BCUT2D eigenvalue weighted by molar-refractivity contribution is 0.0960. The van der Waals surface area contributed by atoms with Crippen LogP contribution < -0.4 is 16.4 Å². The van der Waals surface area contributed by atoms with Crippen molar-refractivity contribution in [1.82, 2.24) is 5.32 Å². The largest absolute Gasteiger partial charge is 0.397 e. The molecule has 0 aromatic carbocycles. The van der Waals surface area contributed by atoms with Gasteiger partial charge in [0.15, 0.2) is 0 Å². The van der Waals surface area contributed by atoms with E-state index in [1.165, 1.54) is 30.6 Å². The number of carbonyl (C=O) groups is 1. The molecule has 1 heterocycles. The highest BCUT2D eigenvalue weighted by Gasteiger charge is 2.40. The number of hydrogen-bond acceptors (Lipinski definition) is 4. The molecular weight excluding hydrogens is 246 g/mol. The molecule has 1 saturated carbocycles. The van der Waals surface area contributed by atoms with Crippen LogP contribution in [0, 0.1) is 5.41 Å². The normalized spacial score (nSPS) is 16.3. The number of rotatable bonds is 6. The van der Waals surface area contributed by atoms with Crippen molar-refractivity contribution in [3.8, 4) is 0 Å². The molecule has 5 heteroatoms. The zero-order valence-corrected chi connectivity index (χ0v) is 11.8. The second kappa shape index (κ2) is 5.18. The van der Waals surface area contributed by atoms with Gasteiger partial charge in [-0.05, 0) is 37.7 Å². The number of nitrogens with one attached hydrogen (secondary N) is 2. The van der Waals surface area contributed by atoms with Gasteiger partial charge in [-0.1, -0.05) is 6.92 Å². The van der Waals surface area contributed by atoms with E-state index in [0.717, 1.165) is 11.5 Å². The minimum atomic E-state index is -0.0790. The summed E-state index contributed by atoms with van der Waals surface area (Å²) in [6.45, 7) is 5.74. The predicted molar refractivity (Wildman–Crippen MR) is 77.2 cm³/mol. The van der Waals surface area contributed by atoms with Crippen LogP contribution in [-0.2, 0) is 0 Å². The van der Waals surface area contributed by atoms with E-state index in [2.05, 4.69) is 17.6 Å². The molecule has 1 fully saturated rings. The summed E-state index contributed by atoms with van der Waals surface area (Å²) in [6, 6.07) is 1.86. The predicted octanol–water partition coefficient (Wildman–Crippen LogP) is 2.68. The van der Waals surface area contributed by atoms with E-state index in [1.807, 2.05) is 13.0 Å². The van der Waals surface area contributed by atoms with Gasteiger partial charge in [-0.3, -0.25) is 4.79 Å². The van der Waals surface area contributed by atoms with Crippen LogP contribution in [0.1, 0.15) is 42.8 Å².